The van der Waals surface area contributed by atoms with E-state index in [1.807, 2.05) is 0 Å². The van der Waals surface area contributed by atoms with Crippen LogP contribution in [0.3, 0.4) is 0 Å². The number of hydrogen-bond donors (Lipinski definition) is 0. The Labute approximate surface area is 105 Å². The Morgan fingerprint density at radius 3 is 1.07 bits per heavy atom. The van der Waals surface area contributed by atoms with Gasteiger partial charge in [0.05, 0.1) is 0 Å². The van der Waals surface area contributed by atoms with Crippen molar-refractivity contribution in [3.63, 3.8) is 0 Å². The zero-order valence-corrected chi connectivity index (χ0v) is 10.2. The maximum absolute atomic E-state index is 2.26. The summed E-state index contributed by atoms with van der Waals surface area (Å²) < 4.78 is 0. The summed E-state index contributed by atoms with van der Waals surface area (Å²) >= 11 is 0. The molecule has 0 fully saturated rings. The minimum absolute atomic E-state index is 0. The maximum Gasteiger partial charge on any atom is 2.00 e. The van der Waals surface area contributed by atoms with Crippen LogP contribution in [0.4, 0.5) is 0 Å². The van der Waals surface area contributed by atoms with Gasteiger partial charge in [0.1, 0.15) is 0 Å². The van der Waals surface area contributed by atoms with Crippen molar-refractivity contribution in [1.29, 1.82) is 0 Å². The topological polar surface area (TPSA) is 0 Å². The molecule has 0 heterocycles. The van der Waals surface area contributed by atoms with Crippen molar-refractivity contribution >= 4 is 0 Å². The second kappa shape index (κ2) is 4.45. The van der Waals surface area contributed by atoms with E-state index in [-0.39, 0.29) is 19.5 Å². The van der Waals surface area contributed by atoms with E-state index in [2.05, 4.69) is 48.6 Å². The predicted molar refractivity (Wildman–Crippen MR) is 59.3 cm³/mol. The van der Waals surface area contributed by atoms with E-state index in [9.17, 15) is 0 Å². The van der Waals surface area contributed by atoms with Crippen LogP contribution >= 0.6 is 0 Å². The molecule has 1 radical (unpaired) electrons. The number of fused-ring (bicyclic) bond motifs is 4. The maximum atomic E-state index is 2.26. The van der Waals surface area contributed by atoms with Gasteiger partial charge in [0, 0.05) is 0 Å². The van der Waals surface area contributed by atoms with Gasteiger partial charge in [-0.05, 0) is 0 Å². The van der Waals surface area contributed by atoms with Crippen molar-refractivity contribution in [3.05, 3.63) is 60.4 Å². The van der Waals surface area contributed by atoms with Gasteiger partial charge in [0.2, 0.25) is 0 Å². The van der Waals surface area contributed by atoms with Crippen LogP contribution < -0.4 is 0 Å². The molecule has 1 heteroatoms. The zero-order valence-electron chi connectivity index (χ0n) is 8.52. The third kappa shape index (κ3) is 2.29. The first-order chi connectivity index (χ1) is 6.90. The summed E-state index contributed by atoms with van der Waals surface area (Å²) in [7, 11) is 0. The first-order valence-corrected chi connectivity index (χ1v) is 5.34. The monoisotopic (exact) mass is 285 g/mol. The molecule has 0 aromatic rings. The Morgan fingerprint density at radius 2 is 1.00 bits per heavy atom. The number of rotatable bonds is 0. The molecule has 0 spiro atoms. The molecule has 0 saturated carbocycles. The summed E-state index contributed by atoms with van der Waals surface area (Å²) in [4.78, 5) is 0. The van der Waals surface area contributed by atoms with Gasteiger partial charge < -0.3 is 0 Å². The molecule has 0 amide bonds. The smallest absolute Gasteiger partial charge is 0.184 e. The molecule has 0 aromatic carbocycles. The fourth-order valence-electron chi connectivity index (χ4n) is 2.32. The molecule has 0 saturated heterocycles. The summed E-state index contributed by atoms with van der Waals surface area (Å²) in [5.41, 5.74) is 0. The SMILES string of the molecule is C1=CC2C=C[C-]1C2.C1=CC2C=C[C-]1C2.[Rh+2]. The van der Waals surface area contributed by atoms with Gasteiger partial charge in [-0.3, -0.25) is 0 Å². The molecule has 0 nitrogen and oxygen atoms in total. The van der Waals surface area contributed by atoms with Crippen molar-refractivity contribution in [3.8, 4) is 0 Å². The van der Waals surface area contributed by atoms with Crippen LogP contribution in [0.15, 0.2) is 48.6 Å². The van der Waals surface area contributed by atoms with Crippen molar-refractivity contribution in [1.82, 2.24) is 0 Å². The molecular weight excluding hydrogens is 271 g/mol. The van der Waals surface area contributed by atoms with Crippen molar-refractivity contribution in [2.24, 2.45) is 11.8 Å². The van der Waals surface area contributed by atoms with E-state index in [1.165, 1.54) is 24.7 Å². The largest absolute Gasteiger partial charge is 2.00 e. The average Bonchev–Trinajstić information content (AvgIpc) is 3.01. The first-order valence-electron chi connectivity index (χ1n) is 5.34. The molecule has 15 heavy (non-hydrogen) atoms. The second-order valence-corrected chi connectivity index (χ2v) is 4.32. The minimum Gasteiger partial charge on any atom is -0.184 e. The molecule has 0 atom stereocenters. The molecule has 4 bridgehead atoms. The van der Waals surface area contributed by atoms with E-state index < -0.39 is 0 Å². The average molecular weight is 285 g/mol. The molecule has 4 rings (SSSR count). The Balaban J connectivity index is 0.000000107. The van der Waals surface area contributed by atoms with Crippen LogP contribution in [0, 0.1) is 23.7 Å². The quantitative estimate of drug-likeness (QED) is 0.472. The summed E-state index contributed by atoms with van der Waals surface area (Å²) in [6, 6.07) is 0. The summed E-state index contributed by atoms with van der Waals surface area (Å²) in [5, 5.41) is 0. The Morgan fingerprint density at radius 1 is 0.667 bits per heavy atom. The van der Waals surface area contributed by atoms with E-state index in [1.54, 1.807) is 0 Å². The molecule has 0 N–H and O–H groups in total. The summed E-state index contributed by atoms with van der Waals surface area (Å²) in [6.45, 7) is 0. The fourth-order valence-corrected chi connectivity index (χ4v) is 2.32. The zero-order chi connectivity index (χ0) is 9.38. The van der Waals surface area contributed by atoms with Crippen molar-refractivity contribution in [2.75, 3.05) is 0 Å². The normalized spacial score (nSPS) is 23.7. The van der Waals surface area contributed by atoms with Gasteiger partial charge in [0.15, 0.2) is 0 Å². The van der Waals surface area contributed by atoms with Gasteiger partial charge in [-0.15, -0.1) is 11.8 Å². The molecule has 0 aromatic heterocycles. The third-order valence-corrected chi connectivity index (χ3v) is 3.17. The molecular formula is C14H14Rh. The number of allylic oxidation sites excluding steroid dienone is 8. The second-order valence-electron chi connectivity index (χ2n) is 4.32. The first kappa shape index (κ1) is 10.8. The van der Waals surface area contributed by atoms with E-state index in [0.717, 1.165) is 11.8 Å². The van der Waals surface area contributed by atoms with Crippen molar-refractivity contribution < 1.29 is 19.5 Å². The summed E-state index contributed by atoms with van der Waals surface area (Å²) in [5.74, 6) is 4.56. The van der Waals surface area contributed by atoms with Gasteiger partial charge >= 0.3 is 19.5 Å². The van der Waals surface area contributed by atoms with Crippen LogP contribution in [0.5, 0.6) is 0 Å². The van der Waals surface area contributed by atoms with E-state index >= 15 is 0 Å². The molecule has 0 aliphatic heterocycles. The predicted octanol–water partition coefficient (Wildman–Crippen LogP) is 3.41. The third-order valence-electron chi connectivity index (χ3n) is 3.17. The van der Waals surface area contributed by atoms with E-state index in [4.69, 9.17) is 0 Å². The number of hydrogen-bond acceptors (Lipinski definition) is 0. The van der Waals surface area contributed by atoms with Gasteiger partial charge in [-0.1, -0.05) is 12.8 Å². The van der Waals surface area contributed by atoms with Crippen molar-refractivity contribution in [2.45, 2.75) is 12.8 Å². The van der Waals surface area contributed by atoms with Crippen LogP contribution in [0.2, 0.25) is 0 Å². The van der Waals surface area contributed by atoms with E-state index in [0.29, 0.717) is 0 Å². The standard InChI is InChI=1S/2C7H7.Rh/c2*1-2-7-4-3-6(1)5-7;/h2*1-4,6H,5H2;/q2*-1;+2. The molecule has 4 aliphatic carbocycles. The Bertz CT molecular complexity index is 245. The summed E-state index contributed by atoms with van der Waals surface area (Å²) in [6.07, 6.45) is 20.4. The molecule has 0 unspecified atom stereocenters. The molecule has 4 aliphatic rings. The molecule has 79 valence electrons. The Kier molecular flexibility index (Phi) is 3.21. The van der Waals surface area contributed by atoms with Crippen LogP contribution in [-0.2, 0) is 19.5 Å². The van der Waals surface area contributed by atoms with Crippen LogP contribution in [-0.4, -0.2) is 0 Å². The van der Waals surface area contributed by atoms with Crippen LogP contribution in [0.25, 0.3) is 0 Å². The van der Waals surface area contributed by atoms with Gasteiger partial charge in [-0.2, -0.15) is 60.4 Å². The van der Waals surface area contributed by atoms with Crippen LogP contribution in [0.1, 0.15) is 12.8 Å². The van der Waals surface area contributed by atoms with Gasteiger partial charge in [0.25, 0.3) is 0 Å². The Hall–Kier alpha value is -0.677. The van der Waals surface area contributed by atoms with Gasteiger partial charge in [-0.25, -0.2) is 0 Å². The fraction of sp³-hybridized carbons (Fsp3) is 0.286. The minimum atomic E-state index is 0.